The lowest BCUT2D eigenvalue weighted by molar-refractivity contribution is -0.139. The van der Waals surface area contributed by atoms with Crippen LogP contribution in [0.25, 0.3) is 0 Å². The Morgan fingerprint density at radius 2 is 2.12 bits per heavy atom. The van der Waals surface area contributed by atoms with Gasteiger partial charge in [-0.15, -0.1) is 0 Å². The van der Waals surface area contributed by atoms with Crippen molar-refractivity contribution in [2.24, 2.45) is 0 Å². The summed E-state index contributed by atoms with van der Waals surface area (Å²) < 4.78 is 0. The first kappa shape index (κ1) is 14.1. The Balaban J connectivity index is 2.42. The number of carbonyl (C=O) groups excluding carboxylic acids is 1. The first-order valence-corrected chi connectivity index (χ1v) is 7.02. The average Bonchev–Trinajstić information content (AvgIpc) is 2.35. The van der Waals surface area contributed by atoms with Crippen LogP contribution in [0.3, 0.4) is 0 Å². The molecule has 0 aromatic carbocycles. The number of nitrogens with one attached hydrogen (secondary N) is 2. The van der Waals surface area contributed by atoms with Crippen LogP contribution in [-0.4, -0.2) is 66.2 Å². The van der Waals surface area contributed by atoms with Gasteiger partial charge in [-0.05, 0) is 18.4 Å². The number of hydrogen-bond acceptors (Lipinski definition) is 4. The summed E-state index contributed by atoms with van der Waals surface area (Å²) in [6.45, 7) is 2.77. The third-order valence-corrected chi connectivity index (χ3v) is 3.25. The largest absolute Gasteiger partial charge is 0.480 e. The van der Waals surface area contributed by atoms with Crippen molar-refractivity contribution >= 4 is 23.8 Å². The van der Waals surface area contributed by atoms with Gasteiger partial charge in [-0.3, -0.25) is 0 Å². The van der Waals surface area contributed by atoms with Gasteiger partial charge < -0.3 is 20.6 Å². The van der Waals surface area contributed by atoms with Crippen LogP contribution in [0.5, 0.6) is 0 Å². The molecule has 17 heavy (non-hydrogen) atoms. The van der Waals surface area contributed by atoms with E-state index in [4.69, 9.17) is 5.11 Å². The number of piperazine rings is 1. The van der Waals surface area contributed by atoms with Crippen molar-refractivity contribution in [1.29, 1.82) is 0 Å². The molecular weight excluding hydrogens is 242 g/mol. The normalized spacial score (nSPS) is 17.6. The van der Waals surface area contributed by atoms with E-state index >= 15 is 0 Å². The highest BCUT2D eigenvalue weighted by atomic mass is 32.2. The van der Waals surface area contributed by atoms with Crippen LogP contribution < -0.4 is 10.6 Å². The predicted molar refractivity (Wildman–Crippen MR) is 67.4 cm³/mol. The first-order valence-electron chi connectivity index (χ1n) is 5.63. The van der Waals surface area contributed by atoms with Crippen LogP contribution in [0.1, 0.15) is 6.42 Å². The van der Waals surface area contributed by atoms with Crippen LogP contribution in [0, 0.1) is 0 Å². The number of carbonyl (C=O) groups is 2. The van der Waals surface area contributed by atoms with Crippen molar-refractivity contribution in [2.45, 2.75) is 12.5 Å². The van der Waals surface area contributed by atoms with E-state index < -0.39 is 12.0 Å². The van der Waals surface area contributed by atoms with Crippen molar-refractivity contribution in [3.63, 3.8) is 0 Å². The number of hydrogen-bond donors (Lipinski definition) is 3. The Morgan fingerprint density at radius 1 is 1.47 bits per heavy atom. The summed E-state index contributed by atoms with van der Waals surface area (Å²) in [6.07, 6.45) is 2.37. The van der Waals surface area contributed by atoms with Gasteiger partial charge in [0.25, 0.3) is 0 Å². The number of carboxylic acids is 1. The maximum Gasteiger partial charge on any atom is 0.326 e. The average molecular weight is 261 g/mol. The Kier molecular flexibility index (Phi) is 6.13. The minimum absolute atomic E-state index is 0.278. The zero-order chi connectivity index (χ0) is 12.7. The molecule has 1 aliphatic heterocycles. The van der Waals surface area contributed by atoms with Crippen molar-refractivity contribution in [1.82, 2.24) is 15.5 Å². The Hall–Kier alpha value is -0.950. The van der Waals surface area contributed by atoms with Gasteiger partial charge in [-0.25, -0.2) is 9.59 Å². The molecule has 7 heteroatoms. The minimum atomic E-state index is -0.970. The fourth-order valence-electron chi connectivity index (χ4n) is 1.60. The highest BCUT2D eigenvalue weighted by Crippen LogP contribution is 2.02. The van der Waals surface area contributed by atoms with Gasteiger partial charge in [0.05, 0.1) is 0 Å². The van der Waals surface area contributed by atoms with Gasteiger partial charge in [0.1, 0.15) is 6.04 Å². The van der Waals surface area contributed by atoms with Crippen molar-refractivity contribution < 1.29 is 14.7 Å². The summed E-state index contributed by atoms with van der Waals surface area (Å²) in [6, 6.07) is -1.06. The van der Waals surface area contributed by atoms with Gasteiger partial charge in [-0.1, -0.05) is 0 Å². The summed E-state index contributed by atoms with van der Waals surface area (Å²) in [7, 11) is 0. The van der Waals surface area contributed by atoms with Crippen molar-refractivity contribution in [3.05, 3.63) is 0 Å². The topological polar surface area (TPSA) is 81.7 Å². The lowest BCUT2D eigenvalue weighted by atomic mass is 10.2. The van der Waals surface area contributed by atoms with Crippen LogP contribution in [0.2, 0.25) is 0 Å². The minimum Gasteiger partial charge on any atom is -0.480 e. The Bertz CT molecular complexity index is 270. The molecule has 2 amide bonds. The molecule has 1 unspecified atom stereocenters. The summed E-state index contributed by atoms with van der Waals surface area (Å²) in [4.78, 5) is 24.4. The molecule has 0 spiro atoms. The molecule has 6 nitrogen and oxygen atoms in total. The number of aliphatic carboxylic acids is 1. The number of rotatable bonds is 5. The van der Waals surface area contributed by atoms with Crippen molar-refractivity contribution in [2.75, 3.05) is 38.2 Å². The monoisotopic (exact) mass is 261 g/mol. The second kappa shape index (κ2) is 7.39. The number of amides is 2. The number of thioether (sulfide) groups is 1. The lowest BCUT2D eigenvalue weighted by Gasteiger charge is -2.28. The maximum atomic E-state index is 11.8. The highest BCUT2D eigenvalue weighted by molar-refractivity contribution is 7.98. The molecule has 0 bridgehead atoms. The molecule has 1 rings (SSSR count). The molecule has 98 valence electrons. The fourth-order valence-corrected chi connectivity index (χ4v) is 2.07. The van der Waals surface area contributed by atoms with E-state index in [9.17, 15) is 9.59 Å². The molecule has 0 aromatic heterocycles. The molecule has 0 radical (unpaired) electrons. The van der Waals surface area contributed by atoms with E-state index in [-0.39, 0.29) is 6.03 Å². The molecule has 1 heterocycles. The van der Waals surface area contributed by atoms with Gasteiger partial charge in [0, 0.05) is 26.2 Å². The molecule has 1 saturated heterocycles. The van der Waals surface area contributed by atoms with Gasteiger partial charge >= 0.3 is 12.0 Å². The van der Waals surface area contributed by atoms with Crippen LogP contribution in [-0.2, 0) is 4.79 Å². The van der Waals surface area contributed by atoms with Crippen LogP contribution >= 0.6 is 11.8 Å². The second-order valence-electron chi connectivity index (χ2n) is 3.86. The summed E-state index contributed by atoms with van der Waals surface area (Å²) in [5.74, 6) is -0.249. The van der Waals surface area contributed by atoms with E-state index in [2.05, 4.69) is 10.6 Å². The Morgan fingerprint density at radius 3 is 2.65 bits per heavy atom. The van der Waals surface area contributed by atoms with E-state index in [0.29, 0.717) is 19.5 Å². The van der Waals surface area contributed by atoms with E-state index in [1.54, 1.807) is 16.7 Å². The van der Waals surface area contributed by atoms with Gasteiger partial charge in [-0.2, -0.15) is 11.8 Å². The molecule has 0 aliphatic carbocycles. The fraction of sp³-hybridized carbons (Fsp3) is 0.800. The molecule has 0 aromatic rings. The maximum absolute atomic E-state index is 11.8. The van der Waals surface area contributed by atoms with Gasteiger partial charge in [0.15, 0.2) is 0 Å². The summed E-state index contributed by atoms with van der Waals surface area (Å²) in [5.41, 5.74) is 0. The van der Waals surface area contributed by atoms with Crippen molar-refractivity contribution in [3.8, 4) is 0 Å². The quantitative estimate of drug-likeness (QED) is 0.639. The highest BCUT2D eigenvalue weighted by Gasteiger charge is 2.23. The standard InChI is InChI=1S/C10H19N3O3S/c1-17-7-2-8(9(14)15)12-10(16)13-5-3-11-4-6-13/h8,11H,2-7H2,1H3,(H,12,16)(H,14,15). The second-order valence-corrected chi connectivity index (χ2v) is 4.84. The van der Waals surface area contributed by atoms with Crippen LogP contribution in [0.4, 0.5) is 4.79 Å². The number of carboxylic acid groups (broad SMARTS) is 1. The van der Waals surface area contributed by atoms with E-state index in [0.717, 1.165) is 18.8 Å². The third-order valence-electron chi connectivity index (χ3n) is 2.61. The smallest absolute Gasteiger partial charge is 0.326 e. The Labute approximate surface area is 105 Å². The SMILES string of the molecule is CSCCC(NC(=O)N1CCNCC1)C(=O)O. The van der Waals surface area contributed by atoms with Gasteiger partial charge in [0.2, 0.25) is 0 Å². The summed E-state index contributed by atoms with van der Waals surface area (Å²) >= 11 is 1.57. The van der Waals surface area contributed by atoms with E-state index in [1.165, 1.54) is 0 Å². The lowest BCUT2D eigenvalue weighted by Crippen LogP contribution is -2.53. The molecular formula is C10H19N3O3S. The third kappa shape index (κ3) is 4.82. The van der Waals surface area contributed by atoms with Crippen LogP contribution in [0.15, 0.2) is 0 Å². The predicted octanol–water partition coefficient (Wildman–Crippen LogP) is -0.192. The molecule has 1 aliphatic rings. The molecule has 0 saturated carbocycles. The zero-order valence-corrected chi connectivity index (χ0v) is 10.8. The zero-order valence-electron chi connectivity index (χ0n) is 9.94. The molecule has 1 atom stereocenters. The first-order chi connectivity index (χ1) is 8.15. The number of urea groups is 1. The summed E-state index contributed by atoms with van der Waals surface area (Å²) in [5, 5.41) is 14.7. The number of nitrogens with zero attached hydrogens (tertiary/aromatic N) is 1. The van der Waals surface area contributed by atoms with E-state index in [1.807, 2.05) is 6.26 Å². The molecule has 1 fully saturated rings. The molecule has 3 N–H and O–H groups in total.